The molecule has 3 N–H and O–H groups in total. The van der Waals surface area contributed by atoms with Crippen LogP contribution < -0.4 is 11.1 Å². The van der Waals surface area contributed by atoms with Gasteiger partial charge < -0.3 is 11.1 Å². The van der Waals surface area contributed by atoms with Gasteiger partial charge in [0.05, 0.1) is 15.7 Å². The summed E-state index contributed by atoms with van der Waals surface area (Å²) in [5.74, 6) is -0.301. The maximum Gasteiger partial charge on any atom is 0.224 e. The second-order valence-corrected chi connectivity index (χ2v) is 6.98. The Morgan fingerprint density at radius 1 is 1.00 bits per heavy atom. The van der Waals surface area contributed by atoms with E-state index in [0.29, 0.717) is 11.3 Å². The molecule has 25 heavy (non-hydrogen) atoms. The molecule has 1 aliphatic rings. The number of hydrogen-bond acceptors (Lipinski definition) is 3. The first-order chi connectivity index (χ1) is 11.9. The number of amides is 1. The van der Waals surface area contributed by atoms with E-state index >= 15 is 0 Å². The van der Waals surface area contributed by atoms with Gasteiger partial charge in [-0.15, -0.1) is 0 Å². The molecule has 0 aromatic heterocycles. The summed E-state index contributed by atoms with van der Waals surface area (Å²) < 4.78 is 0. The molecule has 0 aliphatic heterocycles. The first-order valence-corrected chi connectivity index (χ1v) is 8.89. The highest BCUT2D eigenvalue weighted by Crippen LogP contribution is 2.31. The summed E-state index contributed by atoms with van der Waals surface area (Å²) in [6, 6.07) is 8.89. The number of halogens is 2. The number of fused-ring (bicyclic) bond motifs is 1. The van der Waals surface area contributed by atoms with Gasteiger partial charge in [-0.1, -0.05) is 35.3 Å². The summed E-state index contributed by atoms with van der Waals surface area (Å²) in [5.41, 5.74) is 9.64. The van der Waals surface area contributed by atoms with E-state index in [2.05, 4.69) is 5.32 Å². The summed E-state index contributed by atoms with van der Waals surface area (Å²) in [6.45, 7) is 0. The molecular formula is C19H18Cl2N2O2. The number of carbonyl (C=O) groups excluding carboxylic acids is 2. The van der Waals surface area contributed by atoms with E-state index < -0.39 is 0 Å². The minimum atomic E-state index is -0.272. The monoisotopic (exact) mass is 376 g/mol. The lowest BCUT2D eigenvalue weighted by molar-refractivity contribution is -0.116. The first kappa shape index (κ1) is 17.8. The predicted molar refractivity (Wildman–Crippen MR) is 102 cm³/mol. The molecule has 0 saturated carbocycles. The SMILES string of the molecule is Nc1c(Cl)cc(NC(=O)CCC(=O)c2ccc3c(c2)CCC3)cc1Cl. The number of aryl methyl sites for hydroxylation is 2. The van der Waals surface area contributed by atoms with Crippen molar-refractivity contribution in [2.45, 2.75) is 32.1 Å². The van der Waals surface area contributed by atoms with Crippen LogP contribution in [0, 0.1) is 0 Å². The third-order valence-electron chi connectivity index (χ3n) is 4.36. The van der Waals surface area contributed by atoms with Crippen LogP contribution in [0.2, 0.25) is 10.0 Å². The Hall–Kier alpha value is -2.04. The molecular weight excluding hydrogens is 359 g/mol. The second kappa shape index (κ2) is 7.46. The Labute approximate surface area is 156 Å². The van der Waals surface area contributed by atoms with Gasteiger partial charge in [0, 0.05) is 24.1 Å². The van der Waals surface area contributed by atoms with Crippen LogP contribution in [0.5, 0.6) is 0 Å². The third kappa shape index (κ3) is 4.14. The molecule has 0 unspecified atom stereocenters. The van der Waals surface area contributed by atoms with Crippen LogP contribution >= 0.6 is 23.2 Å². The highest BCUT2D eigenvalue weighted by molar-refractivity contribution is 6.39. The van der Waals surface area contributed by atoms with E-state index in [9.17, 15) is 9.59 Å². The Bertz CT molecular complexity index is 826. The zero-order valence-corrected chi connectivity index (χ0v) is 15.1. The van der Waals surface area contributed by atoms with Gasteiger partial charge >= 0.3 is 0 Å². The number of nitrogen functional groups attached to an aromatic ring is 1. The summed E-state index contributed by atoms with van der Waals surface area (Å²) in [4.78, 5) is 24.4. The lowest BCUT2D eigenvalue weighted by Crippen LogP contribution is -2.13. The van der Waals surface area contributed by atoms with Crippen molar-refractivity contribution in [1.82, 2.24) is 0 Å². The molecule has 4 nitrogen and oxygen atoms in total. The van der Waals surface area contributed by atoms with Gasteiger partial charge in [-0.3, -0.25) is 9.59 Å². The standard InChI is InChI=1S/C19H18Cl2N2O2/c20-15-9-14(10-16(21)19(15)22)23-18(25)7-6-17(24)13-5-4-11-2-1-3-12(11)8-13/h4-5,8-10H,1-3,6-7,22H2,(H,23,25). The van der Waals surface area contributed by atoms with Crippen molar-refractivity contribution in [2.24, 2.45) is 0 Å². The van der Waals surface area contributed by atoms with Gasteiger partial charge in [0.1, 0.15) is 0 Å². The largest absolute Gasteiger partial charge is 0.396 e. The molecule has 0 atom stereocenters. The number of benzene rings is 2. The molecule has 0 heterocycles. The second-order valence-electron chi connectivity index (χ2n) is 6.16. The van der Waals surface area contributed by atoms with Crippen molar-refractivity contribution in [1.29, 1.82) is 0 Å². The van der Waals surface area contributed by atoms with E-state index in [-0.39, 0.29) is 40.3 Å². The molecule has 1 amide bonds. The molecule has 6 heteroatoms. The van der Waals surface area contributed by atoms with Crippen LogP contribution in [0.25, 0.3) is 0 Å². The van der Waals surface area contributed by atoms with E-state index in [0.717, 1.165) is 19.3 Å². The van der Waals surface area contributed by atoms with Crippen molar-refractivity contribution in [2.75, 3.05) is 11.1 Å². The molecule has 0 bridgehead atoms. The Balaban J connectivity index is 1.58. The number of ketones is 1. The Kier molecular flexibility index (Phi) is 5.30. The van der Waals surface area contributed by atoms with Crippen LogP contribution in [0.4, 0.5) is 11.4 Å². The van der Waals surface area contributed by atoms with E-state index in [1.54, 1.807) is 0 Å². The molecule has 2 aromatic rings. The van der Waals surface area contributed by atoms with Gasteiger partial charge in [-0.25, -0.2) is 0 Å². The van der Waals surface area contributed by atoms with E-state index in [1.165, 1.54) is 23.3 Å². The van der Waals surface area contributed by atoms with Gasteiger partial charge in [0.15, 0.2) is 5.78 Å². The molecule has 0 fully saturated rings. The summed E-state index contributed by atoms with van der Waals surface area (Å²) in [7, 11) is 0. The van der Waals surface area contributed by atoms with Crippen LogP contribution in [-0.4, -0.2) is 11.7 Å². The Morgan fingerprint density at radius 2 is 1.68 bits per heavy atom. The first-order valence-electron chi connectivity index (χ1n) is 8.13. The summed E-state index contributed by atoms with van der Waals surface area (Å²) >= 11 is 11.9. The molecule has 0 saturated heterocycles. The van der Waals surface area contributed by atoms with Crippen molar-refractivity contribution in [3.05, 3.63) is 57.1 Å². The molecule has 1 aliphatic carbocycles. The Morgan fingerprint density at radius 3 is 2.40 bits per heavy atom. The third-order valence-corrected chi connectivity index (χ3v) is 4.99. The number of nitrogens with one attached hydrogen (secondary N) is 1. The number of rotatable bonds is 5. The van der Waals surface area contributed by atoms with Gasteiger partial charge in [0.25, 0.3) is 0 Å². The van der Waals surface area contributed by atoms with Crippen LogP contribution in [0.15, 0.2) is 30.3 Å². The number of carbonyl (C=O) groups is 2. The average molecular weight is 377 g/mol. The topological polar surface area (TPSA) is 72.2 Å². The van der Waals surface area contributed by atoms with Crippen LogP contribution in [0.1, 0.15) is 40.7 Å². The highest BCUT2D eigenvalue weighted by Gasteiger charge is 2.15. The van der Waals surface area contributed by atoms with Crippen molar-refractivity contribution >= 4 is 46.3 Å². The summed E-state index contributed by atoms with van der Waals surface area (Å²) in [6.07, 6.45) is 3.49. The average Bonchev–Trinajstić information content (AvgIpc) is 3.05. The fraction of sp³-hybridized carbons (Fsp3) is 0.263. The van der Waals surface area contributed by atoms with Crippen molar-refractivity contribution in [3.63, 3.8) is 0 Å². The van der Waals surface area contributed by atoms with Gasteiger partial charge in [0.2, 0.25) is 5.91 Å². The number of hydrogen-bond donors (Lipinski definition) is 2. The van der Waals surface area contributed by atoms with Crippen LogP contribution in [-0.2, 0) is 17.6 Å². The summed E-state index contributed by atoms with van der Waals surface area (Å²) in [5, 5.41) is 3.23. The maximum absolute atomic E-state index is 12.3. The maximum atomic E-state index is 12.3. The van der Waals surface area contributed by atoms with Crippen molar-refractivity contribution < 1.29 is 9.59 Å². The zero-order chi connectivity index (χ0) is 18.0. The molecule has 0 radical (unpaired) electrons. The zero-order valence-electron chi connectivity index (χ0n) is 13.6. The van der Waals surface area contributed by atoms with Crippen molar-refractivity contribution in [3.8, 4) is 0 Å². The van der Waals surface area contributed by atoms with Gasteiger partial charge in [-0.2, -0.15) is 0 Å². The fourth-order valence-corrected chi connectivity index (χ4v) is 3.48. The smallest absolute Gasteiger partial charge is 0.224 e. The number of nitrogens with two attached hydrogens (primary N) is 1. The minimum Gasteiger partial charge on any atom is -0.396 e. The number of anilines is 2. The molecule has 0 spiro atoms. The fourth-order valence-electron chi connectivity index (χ4n) is 3.00. The molecule has 2 aromatic carbocycles. The molecule has 3 rings (SSSR count). The normalized spacial score (nSPS) is 12.7. The molecule has 130 valence electrons. The highest BCUT2D eigenvalue weighted by atomic mass is 35.5. The quantitative estimate of drug-likeness (QED) is 0.588. The lowest BCUT2D eigenvalue weighted by Gasteiger charge is -2.09. The van der Waals surface area contributed by atoms with Crippen LogP contribution in [0.3, 0.4) is 0 Å². The lowest BCUT2D eigenvalue weighted by atomic mass is 10.0. The van der Waals surface area contributed by atoms with E-state index in [1.807, 2.05) is 18.2 Å². The predicted octanol–water partition coefficient (Wildman–Crippen LogP) is 4.67. The number of Topliss-reactive ketones (excluding diaryl/α,β-unsaturated/α-hetero) is 1. The van der Waals surface area contributed by atoms with Gasteiger partial charge in [-0.05, 0) is 48.6 Å². The van der Waals surface area contributed by atoms with E-state index in [4.69, 9.17) is 28.9 Å². The minimum absolute atomic E-state index is 0.0294.